The van der Waals surface area contributed by atoms with Crippen molar-refractivity contribution in [2.75, 3.05) is 93.7 Å². The van der Waals surface area contributed by atoms with E-state index in [1.807, 2.05) is 31.1 Å². The molecule has 4 N–H and O–H groups in total. The van der Waals surface area contributed by atoms with E-state index in [0.717, 1.165) is 5.56 Å². The minimum atomic E-state index is -0.659. The van der Waals surface area contributed by atoms with E-state index in [9.17, 15) is 14.4 Å². The van der Waals surface area contributed by atoms with Gasteiger partial charge in [0.05, 0.1) is 26.4 Å². The van der Waals surface area contributed by atoms with Gasteiger partial charge in [-0.2, -0.15) is 15.0 Å². The predicted octanol–water partition coefficient (Wildman–Crippen LogP) is 1.49. The fourth-order valence-electron chi connectivity index (χ4n) is 5.83. The number of hydrogen-bond acceptors (Lipinski definition) is 11. The van der Waals surface area contributed by atoms with Gasteiger partial charge in [0.25, 0.3) is 5.91 Å². The zero-order chi connectivity index (χ0) is 32.9. The van der Waals surface area contributed by atoms with Crippen LogP contribution in [0.2, 0.25) is 0 Å². The van der Waals surface area contributed by atoms with Crippen LogP contribution >= 0.6 is 0 Å². The monoisotopic (exact) mass is 644 g/mol. The number of nitrogens with one attached hydrogen (secondary N) is 2. The minimum absolute atomic E-state index is 0.0486. The first kappa shape index (κ1) is 32.1. The molecule has 3 aromatic rings. The number of carbonyl (C=O) groups is 3. The van der Waals surface area contributed by atoms with Crippen molar-refractivity contribution >= 4 is 41.1 Å². The van der Waals surface area contributed by atoms with Crippen LogP contribution in [0, 0.1) is 0 Å². The van der Waals surface area contributed by atoms with Crippen molar-refractivity contribution in [3.63, 3.8) is 0 Å². The van der Waals surface area contributed by atoms with Crippen molar-refractivity contribution in [1.29, 1.82) is 0 Å². The van der Waals surface area contributed by atoms with Crippen LogP contribution in [-0.2, 0) is 14.3 Å². The summed E-state index contributed by atoms with van der Waals surface area (Å²) >= 11 is 0. The number of hydrogen-bond donors (Lipinski definition) is 3. The molecule has 2 aromatic carbocycles. The molecule has 0 bridgehead atoms. The van der Waals surface area contributed by atoms with Crippen molar-refractivity contribution in [2.45, 2.75) is 18.5 Å². The topological polar surface area (TPSA) is 171 Å². The number of morpholine rings is 2. The first-order chi connectivity index (χ1) is 22.7. The maximum Gasteiger partial charge on any atom is 0.323 e. The number of nitrogens with zero attached hydrogens (tertiary/aromatic N) is 7. The normalized spacial score (nSPS) is 19.9. The van der Waals surface area contributed by atoms with Gasteiger partial charge in [-0.3, -0.25) is 9.59 Å². The fraction of sp³-hybridized carbons (Fsp3) is 0.438. The summed E-state index contributed by atoms with van der Waals surface area (Å²) in [5, 5.41) is 5.62. The number of rotatable bonds is 8. The van der Waals surface area contributed by atoms with Crippen LogP contribution in [0.1, 0.15) is 16.8 Å². The standard InChI is InChI=1S/C32H40N10O5/c1-39(2)25-19-26(27(33)43)42(20-25)29(44)22-5-9-24(10-6-22)35-32(45)34-23-7-3-21(4-8-23)28-36-30(40-11-15-46-16-12-40)38-31(37-28)41-13-17-47-18-14-41/h3-10,25-26H,11-20H2,1-2H3,(H2,33,43)(H2,34,35,45)/t25-,26+/m1/s1. The van der Waals surface area contributed by atoms with Crippen LogP contribution in [0.25, 0.3) is 11.4 Å². The Balaban J connectivity index is 1.10. The molecular formula is C32H40N10O5. The molecule has 0 unspecified atom stereocenters. The molecular weight excluding hydrogens is 604 g/mol. The van der Waals surface area contributed by atoms with E-state index >= 15 is 0 Å². The van der Waals surface area contributed by atoms with Crippen molar-refractivity contribution in [1.82, 2.24) is 24.8 Å². The smallest absolute Gasteiger partial charge is 0.323 e. The molecule has 2 atom stereocenters. The number of likely N-dealkylation sites (N-methyl/N-ethyl adjacent to an activating group) is 1. The molecule has 0 saturated carbocycles. The molecule has 15 nitrogen and oxygen atoms in total. The van der Waals surface area contributed by atoms with Gasteiger partial charge < -0.3 is 45.4 Å². The molecule has 4 amide bonds. The Bertz CT molecular complexity index is 1540. The predicted molar refractivity (Wildman–Crippen MR) is 177 cm³/mol. The minimum Gasteiger partial charge on any atom is -0.378 e. The van der Waals surface area contributed by atoms with Crippen LogP contribution in [0.3, 0.4) is 0 Å². The second-order valence-electron chi connectivity index (χ2n) is 11.9. The zero-order valence-electron chi connectivity index (χ0n) is 26.6. The van der Waals surface area contributed by atoms with Gasteiger partial charge in [-0.1, -0.05) is 0 Å². The molecule has 6 rings (SSSR count). The molecule has 0 spiro atoms. The van der Waals surface area contributed by atoms with Crippen molar-refractivity contribution in [3.05, 3.63) is 54.1 Å². The van der Waals surface area contributed by atoms with Gasteiger partial charge in [0, 0.05) is 61.3 Å². The van der Waals surface area contributed by atoms with E-state index in [-0.39, 0.29) is 11.9 Å². The highest BCUT2D eigenvalue weighted by molar-refractivity contribution is 6.01. The average molecular weight is 645 g/mol. The lowest BCUT2D eigenvalue weighted by atomic mass is 10.1. The average Bonchev–Trinajstić information content (AvgIpc) is 3.56. The number of benzene rings is 2. The van der Waals surface area contributed by atoms with Crippen LogP contribution < -0.4 is 26.2 Å². The van der Waals surface area contributed by atoms with Crippen LogP contribution in [0.15, 0.2) is 48.5 Å². The zero-order valence-corrected chi connectivity index (χ0v) is 26.6. The van der Waals surface area contributed by atoms with E-state index in [4.69, 9.17) is 30.2 Å². The molecule has 3 saturated heterocycles. The molecule has 15 heteroatoms. The summed E-state index contributed by atoms with van der Waals surface area (Å²) in [5.74, 6) is 0.970. The van der Waals surface area contributed by atoms with Crippen molar-refractivity contribution in [2.24, 2.45) is 5.73 Å². The van der Waals surface area contributed by atoms with Crippen LogP contribution in [-0.4, -0.2) is 128 Å². The molecule has 3 aliphatic rings. The summed E-state index contributed by atoms with van der Waals surface area (Å²) in [4.78, 5) is 60.1. The highest BCUT2D eigenvalue weighted by Crippen LogP contribution is 2.26. The maximum absolute atomic E-state index is 13.2. The lowest BCUT2D eigenvalue weighted by molar-refractivity contribution is -0.121. The van der Waals surface area contributed by atoms with E-state index in [0.29, 0.717) is 100 Å². The summed E-state index contributed by atoms with van der Waals surface area (Å²) in [7, 11) is 3.83. The van der Waals surface area contributed by atoms with E-state index < -0.39 is 18.0 Å². The van der Waals surface area contributed by atoms with Crippen LogP contribution in [0.4, 0.5) is 28.1 Å². The van der Waals surface area contributed by atoms with Gasteiger partial charge in [-0.15, -0.1) is 0 Å². The Morgan fingerprint density at radius 3 is 1.79 bits per heavy atom. The largest absolute Gasteiger partial charge is 0.378 e. The second-order valence-corrected chi connectivity index (χ2v) is 11.9. The van der Waals surface area contributed by atoms with E-state index in [1.165, 1.54) is 4.90 Å². The summed E-state index contributed by atoms with van der Waals surface area (Å²) in [6, 6.07) is 12.8. The molecule has 248 valence electrons. The summed E-state index contributed by atoms with van der Waals surface area (Å²) in [6.45, 7) is 5.69. The molecule has 4 heterocycles. The number of urea groups is 1. The third-order valence-corrected chi connectivity index (χ3v) is 8.59. The first-order valence-corrected chi connectivity index (χ1v) is 15.7. The van der Waals surface area contributed by atoms with Gasteiger partial charge >= 0.3 is 6.03 Å². The Labute approximate surface area is 273 Å². The van der Waals surface area contributed by atoms with Gasteiger partial charge in [-0.05, 0) is 69.0 Å². The number of ether oxygens (including phenoxy) is 2. The Morgan fingerprint density at radius 1 is 0.787 bits per heavy atom. The fourth-order valence-corrected chi connectivity index (χ4v) is 5.83. The molecule has 3 fully saturated rings. The number of likely N-dealkylation sites (tertiary alicyclic amines) is 1. The number of carbonyl (C=O) groups excluding carboxylic acids is 3. The van der Waals surface area contributed by atoms with Gasteiger partial charge in [0.2, 0.25) is 17.8 Å². The highest BCUT2D eigenvalue weighted by atomic mass is 16.5. The summed E-state index contributed by atoms with van der Waals surface area (Å²) in [6.07, 6.45) is 0.495. The molecule has 3 aliphatic heterocycles. The molecule has 0 radical (unpaired) electrons. The van der Waals surface area contributed by atoms with Gasteiger partial charge in [-0.25, -0.2) is 4.79 Å². The molecule has 0 aliphatic carbocycles. The summed E-state index contributed by atoms with van der Waals surface area (Å²) in [5.41, 5.74) is 7.87. The Morgan fingerprint density at radius 2 is 1.30 bits per heavy atom. The van der Waals surface area contributed by atoms with Crippen molar-refractivity contribution < 1.29 is 23.9 Å². The molecule has 47 heavy (non-hydrogen) atoms. The lowest BCUT2D eigenvalue weighted by Gasteiger charge is -2.30. The van der Waals surface area contributed by atoms with Crippen LogP contribution in [0.5, 0.6) is 0 Å². The van der Waals surface area contributed by atoms with Gasteiger partial charge in [0.15, 0.2) is 5.82 Å². The van der Waals surface area contributed by atoms with Crippen molar-refractivity contribution in [3.8, 4) is 11.4 Å². The van der Waals surface area contributed by atoms with E-state index in [1.54, 1.807) is 36.4 Å². The number of aromatic nitrogens is 3. The lowest BCUT2D eigenvalue weighted by Crippen LogP contribution is -2.43. The number of anilines is 4. The Kier molecular flexibility index (Phi) is 9.75. The third-order valence-electron chi connectivity index (χ3n) is 8.59. The second kappa shape index (κ2) is 14.3. The van der Waals surface area contributed by atoms with Gasteiger partial charge in [0.1, 0.15) is 6.04 Å². The first-order valence-electron chi connectivity index (χ1n) is 15.7. The number of nitrogens with two attached hydrogens (primary N) is 1. The van der Waals surface area contributed by atoms with E-state index in [2.05, 4.69) is 20.4 Å². The number of amides is 4. The maximum atomic E-state index is 13.2. The quantitative estimate of drug-likeness (QED) is 0.325. The number of primary amides is 1. The summed E-state index contributed by atoms with van der Waals surface area (Å²) < 4.78 is 11.0. The third kappa shape index (κ3) is 7.59. The molecule has 1 aromatic heterocycles. The highest BCUT2D eigenvalue weighted by Gasteiger charge is 2.39. The SMILES string of the molecule is CN(C)[C@@H]1C[C@@H](C(N)=O)N(C(=O)c2ccc(NC(=O)Nc3ccc(-c4nc(N5CCOCC5)nc(N5CCOCC5)n4)cc3)cc2)C1. The Hall–Kier alpha value is -4.86.